The van der Waals surface area contributed by atoms with Crippen molar-refractivity contribution >= 4 is 31.9 Å². The van der Waals surface area contributed by atoms with E-state index in [9.17, 15) is 5.11 Å². The Hall–Kier alpha value is 0.920. The molecule has 0 saturated carbocycles. The van der Waals surface area contributed by atoms with Gasteiger partial charge in [0, 0.05) is 9.65 Å². The van der Waals surface area contributed by atoms with Crippen molar-refractivity contribution in [3.8, 4) is 0 Å². The fourth-order valence-corrected chi connectivity index (χ4v) is 2.70. The van der Waals surface area contributed by atoms with Crippen LogP contribution in [0.15, 0.2) is 0 Å². The van der Waals surface area contributed by atoms with Crippen molar-refractivity contribution in [3.05, 3.63) is 0 Å². The van der Waals surface area contributed by atoms with Crippen molar-refractivity contribution in [2.75, 3.05) is 0 Å². The third-order valence-corrected chi connectivity index (χ3v) is 4.40. The van der Waals surface area contributed by atoms with Gasteiger partial charge in [-0.3, -0.25) is 0 Å². The number of halogens is 2. The van der Waals surface area contributed by atoms with Gasteiger partial charge in [-0.05, 0) is 12.8 Å². The van der Waals surface area contributed by atoms with Crippen molar-refractivity contribution in [3.63, 3.8) is 0 Å². The number of aliphatic hydroxyl groups excluding tert-OH is 1. The molecule has 0 bridgehead atoms. The largest absolute Gasteiger partial charge is 0.391 e. The zero-order valence-electron chi connectivity index (χ0n) is 8.47. The van der Waals surface area contributed by atoms with Crippen LogP contribution < -0.4 is 0 Å². The zero-order chi connectivity index (χ0) is 10.3. The minimum Gasteiger partial charge on any atom is -0.391 e. The summed E-state index contributed by atoms with van der Waals surface area (Å²) in [6.45, 7) is 4.27. The van der Waals surface area contributed by atoms with Crippen LogP contribution in [0.1, 0.15) is 46.0 Å². The van der Waals surface area contributed by atoms with Crippen molar-refractivity contribution in [1.29, 1.82) is 0 Å². The Kier molecular flexibility index (Phi) is 8.83. The molecule has 1 nitrogen and oxygen atoms in total. The van der Waals surface area contributed by atoms with Gasteiger partial charge in [0.2, 0.25) is 0 Å². The number of hydrogen-bond acceptors (Lipinski definition) is 1. The summed E-state index contributed by atoms with van der Waals surface area (Å²) in [4.78, 5) is 0.460. The Morgan fingerprint density at radius 3 is 2.15 bits per heavy atom. The van der Waals surface area contributed by atoms with E-state index >= 15 is 0 Å². The molecule has 0 amide bonds. The van der Waals surface area contributed by atoms with E-state index in [1.807, 2.05) is 0 Å². The molecule has 3 unspecified atom stereocenters. The van der Waals surface area contributed by atoms with Crippen molar-refractivity contribution in [1.82, 2.24) is 0 Å². The van der Waals surface area contributed by atoms with E-state index in [0.29, 0.717) is 0 Å². The van der Waals surface area contributed by atoms with Gasteiger partial charge in [0.25, 0.3) is 0 Å². The highest BCUT2D eigenvalue weighted by Gasteiger charge is 2.21. The minimum atomic E-state index is -0.262. The van der Waals surface area contributed by atoms with E-state index in [-0.39, 0.29) is 15.8 Å². The van der Waals surface area contributed by atoms with E-state index in [1.165, 1.54) is 19.3 Å². The smallest absolute Gasteiger partial charge is 0.0789 e. The first-order chi connectivity index (χ1) is 6.13. The second-order valence-electron chi connectivity index (χ2n) is 3.43. The van der Waals surface area contributed by atoms with E-state index in [2.05, 4.69) is 45.7 Å². The number of aliphatic hydroxyl groups is 1. The molecule has 0 heterocycles. The molecule has 0 saturated heterocycles. The second kappa shape index (κ2) is 8.25. The molecule has 0 aromatic rings. The maximum Gasteiger partial charge on any atom is 0.0789 e. The molecule has 3 heteroatoms. The number of unbranched alkanes of at least 4 members (excludes halogenated alkanes) is 2. The topological polar surface area (TPSA) is 20.2 Å². The van der Waals surface area contributed by atoms with Gasteiger partial charge in [-0.1, -0.05) is 65.0 Å². The second-order valence-corrected chi connectivity index (χ2v) is 5.78. The summed E-state index contributed by atoms with van der Waals surface area (Å²) in [6.07, 6.45) is 5.47. The van der Waals surface area contributed by atoms with Gasteiger partial charge in [-0.25, -0.2) is 0 Å². The predicted molar refractivity (Wildman–Crippen MR) is 65.9 cm³/mol. The lowest BCUT2D eigenvalue weighted by molar-refractivity contribution is 0.166. The molecule has 0 spiro atoms. The Balaban J connectivity index is 3.62. The van der Waals surface area contributed by atoms with E-state index < -0.39 is 0 Å². The summed E-state index contributed by atoms with van der Waals surface area (Å²) in [5.41, 5.74) is 0. The van der Waals surface area contributed by atoms with Crippen LogP contribution in [0.3, 0.4) is 0 Å². The molecule has 0 aromatic heterocycles. The van der Waals surface area contributed by atoms with Crippen molar-refractivity contribution < 1.29 is 5.11 Å². The van der Waals surface area contributed by atoms with Crippen LogP contribution in [0.25, 0.3) is 0 Å². The fourth-order valence-electron chi connectivity index (χ4n) is 1.23. The molecular weight excluding hydrogens is 296 g/mol. The third kappa shape index (κ3) is 6.08. The van der Waals surface area contributed by atoms with Crippen LogP contribution in [0.2, 0.25) is 0 Å². The highest BCUT2D eigenvalue weighted by atomic mass is 79.9. The highest BCUT2D eigenvalue weighted by molar-refractivity contribution is 9.10. The van der Waals surface area contributed by atoms with Gasteiger partial charge in [-0.15, -0.1) is 0 Å². The molecular formula is C10H20Br2O. The Labute approximate surface area is 98.6 Å². The predicted octanol–water partition coefficient (Wildman–Crippen LogP) is 3.86. The van der Waals surface area contributed by atoms with Crippen LogP contribution in [0.4, 0.5) is 0 Å². The van der Waals surface area contributed by atoms with Gasteiger partial charge in [0.15, 0.2) is 0 Å². The summed E-state index contributed by atoms with van der Waals surface area (Å²) in [7, 11) is 0. The van der Waals surface area contributed by atoms with E-state index in [0.717, 1.165) is 12.8 Å². The number of hydrogen-bond donors (Lipinski definition) is 1. The van der Waals surface area contributed by atoms with Crippen molar-refractivity contribution in [2.24, 2.45) is 0 Å². The standard InChI is InChI=1S/C10H20Br2O/c1-3-5-6-7-9(12)10(13)8(11)4-2/h8-10,13H,3-7H2,1-2H3. The van der Waals surface area contributed by atoms with Gasteiger partial charge >= 0.3 is 0 Å². The SMILES string of the molecule is CCCCCC(Br)C(O)C(Br)CC. The molecule has 0 aliphatic rings. The van der Waals surface area contributed by atoms with Gasteiger partial charge in [0.1, 0.15) is 0 Å². The molecule has 3 atom stereocenters. The lowest BCUT2D eigenvalue weighted by Crippen LogP contribution is -2.29. The minimum absolute atomic E-state index is 0.221. The third-order valence-electron chi connectivity index (χ3n) is 2.21. The molecule has 13 heavy (non-hydrogen) atoms. The zero-order valence-corrected chi connectivity index (χ0v) is 11.6. The van der Waals surface area contributed by atoms with E-state index in [1.54, 1.807) is 0 Å². The molecule has 0 rings (SSSR count). The number of rotatable bonds is 7. The highest BCUT2D eigenvalue weighted by Crippen LogP contribution is 2.22. The summed E-state index contributed by atoms with van der Waals surface area (Å²) in [6, 6.07) is 0. The van der Waals surface area contributed by atoms with Gasteiger partial charge in [0.05, 0.1) is 6.10 Å². The van der Waals surface area contributed by atoms with Gasteiger partial charge in [-0.2, -0.15) is 0 Å². The molecule has 0 aromatic carbocycles. The summed E-state index contributed by atoms with van der Waals surface area (Å²) in [5, 5.41) is 9.79. The molecule has 80 valence electrons. The lowest BCUT2D eigenvalue weighted by atomic mass is 10.1. The van der Waals surface area contributed by atoms with Crippen molar-refractivity contribution in [2.45, 2.75) is 61.7 Å². The quantitative estimate of drug-likeness (QED) is 0.558. The summed E-state index contributed by atoms with van der Waals surface area (Å²) < 4.78 is 0. The molecule has 0 fully saturated rings. The summed E-state index contributed by atoms with van der Waals surface area (Å²) in [5.74, 6) is 0. The normalized spacial score (nSPS) is 18.2. The maximum atomic E-state index is 9.79. The lowest BCUT2D eigenvalue weighted by Gasteiger charge is -2.21. The van der Waals surface area contributed by atoms with Crippen LogP contribution in [0, 0.1) is 0 Å². The molecule has 1 N–H and O–H groups in total. The fraction of sp³-hybridized carbons (Fsp3) is 1.00. The molecule has 0 aliphatic heterocycles. The average Bonchev–Trinajstić information content (AvgIpc) is 2.15. The first-order valence-corrected chi connectivity index (χ1v) is 6.92. The Bertz CT molecular complexity index is 119. The van der Waals surface area contributed by atoms with Crippen LogP contribution in [0.5, 0.6) is 0 Å². The van der Waals surface area contributed by atoms with Crippen LogP contribution in [-0.4, -0.2) is 20.9 Å². The van der Waals surface area contributed by atoms with Crippen LogP contribution in [-0.2, 0) is 0 Å². The first kappa shape index (κ1) is 13.9. The average molecular weight is 316 g/mol. The van der Waals surface area contributed by atoms with E-state index in [4.69, 9.17) is 0 Å². The maximum absolute atomic E-state index is 9.79. The Morgan fingerprint density at radius 1 is 1.08 bits per heavy atom. The van der Waals surface area contributed by atoms with Crippen LogP contribution >= 0.6 is 31.9 Å². The molecule has 0 radical (unpaired) electrons. The number of alkyl halides is 2. The van der Waals surface area contributed by atoms with Gasteiger partial charge < -0.3 is 5.11 Å². The summed E-state index contributed by atoms with van der Waals surface area (Å²) >= 11 is 7.01. The Morgan fingerprint density at radius 2 is 1.69 bits per heavy atom. The first-order valence-electron chi connectivity index (χ1n) is 5.09. The monoisotopic (exact) mass is 314 g/mol. The molecule has 0 aliphatic carbocycles.